The van der Waals surface area contributed by atoms with Crippen molar-refractivity contribution in [2.75, 3.05) is 10.6 Å². The highest BCUT2D eigenvalue weighted by molar-refractivity contribution is 7.10. The van der Waals surface area contributed by atoms with Crippen LogP contribution in [0.15, 0.2) is 30.2 Å². The van der Waals surface area contributed by atoms with Gasteiger partial charge in [-0.1, -0.05) is 0 Å². The Morgan fingerprint density at radius 3 is 2.88 bits per heavy atom. The lowest BCUT2D eigenvalue weighted by molar-refractivity contribution is -0.114. The van der Waals surface area contributed by atoms with Gasteiger partial charge in [-0.15, -0.1) is 11.3 Å². The van der Waals surface area contributed by atoms with E-state index in [0.717, 1.165) is 16.3 Å². The molecule has 0 saturated carbocycles. The maximum Gasteiger partial charge on any atom is 0.221 e. The van der Waals surface area contributed by atoms with Crippen molar-refractivity contribution in [3.05, 3.63) is 35.0 Å². The number of anilines is 2. The molecule has 88 valence electrons. The third-order valence-electron chi connectivity index (χ3n) is 2.07. The predicted molar refractivity (Wildman–Crippen MR) is 68.0 cm³/mol. The molecule has 0 aliphatic rings. The summed E-state index contributed by atoms with van der Waals surface area (Å²) in [5.41, 5.74) is 1.71. The first-order valence-corrected chi connectivity index (χ1v) is 5.96. The largest absolute Gasteiger partial charge is 0.378 e. The van der Waals surface area contributed by atoms with Gasteiger partial charge in [0.1, 0.15) is 6.33 Å². The molecule has 0 aliphatic carbocycles. The molecule has 0 atom stereocenters. The van der Waals surface area contributed by atoms with Gasteiger partial charge in [-0.2, -0.15) is 0 Å². The highest BCUT2D eigenvalue weighted by Gasteiger charge is 2.05. The Labute approximate surface area is 103 Å². The molecular weight excluding hydrogens is 236 g/mol. The Hall–Kier alpha value is -1.95. The molecule has 17 heavy (non-hydrogen) atoms. The van der Waals surface area contributed by atoms with E-state index in [0.29, 0.717) is 6.54 Å². The fourth-order valence-electron chi connectivity index (χ4n) is 1.35. The van der Waals surface area contributed by atoms with Gasteiger partial charge < -0.3 is 10.6 Å². The van der Waals surface area contributed by atoms with Crippen LogP contribution < -0.4 is 10.6 Å². The lowest BCUT2D eigenvalue weighted by Gasteiger charge is -2.06. The van der Waals surface area contributed by atoms with E-state index < -0.39 is 0 Å². The monoisotopic (exact) mass is 248 g/mol. The molecule has 2 rings (SSSR count). The van der Waals surface area contributed by atoms with Crippen molar-refractivity contribution >= 4 is 28.6 Å². The summed E-state index contributed by atoms with van der Waals surface area (Å²) in [5, 5.41) is 7.93. The molecule has 0 aliphatic heterocycles. The van der Waals surface area contributed by atoms with Crippen molar-refractivity contribution in [3.8, 4) is 0 Å². The Kier molecular flexibility index (Phi) is 3.66. The second-order valence-corrected chi connectivity index (χ2v) is 4.42. The SMILES string of the molecule is CC(=O)Nc1ccsc1CNc1cncnc1. The first-order valence-electron chi connectivity index (χ1n) is 5.08. The van der Waals surface area contributed by atoms with Crippen LogP contribution in [0.2, 0.25) is 0 Å². The summed E-state index contributed by atoms with van der Waals surface area (Å²) < 4.78 is 0. The van der Waals surface area contributed by atoms with Crippen LogP contribution in [0.3, 0.4) is 0 Å². The van der Waals surface area contributed by atoms with Gasteiger partial charge in [-0.05, 0) is 11.4 Å². The summed E-state index contributed by atoms with van der Waals surface area (Å²) in [4.78, 5) is 19.9. The van der Waals surface area contributed by atoms with E-state index in [1.54, 1.807) is 23.7 Å². The average Bonchev–Trinajstić information content (AvgIpc) is 2.74. The molecule has 5 nitrogen and oxygen atoms in total. The highest BCUT2D eigenvalue weighted by atomic mass is 32.1. The minimum Gasteiger partial charge on any atom is -0.378 e. The molecule has 2 heterocycles. The van der Waals surface area contributed by atoms with Crippen LogP contribution in [0.25, 0.3) is 0 Å². The van der Waals surface area contributed by atoms with Gasteiger partial charge in [0.05, 0.1) is 30.3 Å². The number of carbonyl (C=O) groups is 1. The van der Waals surface area contributed by atoms with Gasteiger partial charge in [0, 0.05) is 11.8 Å². The van der Waals surface area contributed by atoms with Gasteiger partial charge in [0.2, 0.25) is 5.91 Å². The van der Waals surface area contributed by atoms with E-state index in [2.05, 4.69) is 20.6 Å². The highest BCUT2D eigenvalue weighted by Crippen LogP contribution is 2.23. The molecule has 0 saturated heterocycles. The van der Waals surface area contributed by atoms with E-state index in [9.17, 15) is 4.79 Å². The number of hydrogen-bond donors (Lipinski definition) is 2. The molecule has 2 aromatic rings. The number of carbonyl (C=O) groups excluding carboxylic acids is 1. The fourth-order valence-corrected chi connectivity index (χ4v) is 2.12. The van der Waals surface area contributed by atoms with Crippen LogP contribution >= 0.6 is 11.3 Å². The molecule has 0 bridgehead atoms. The standard InChI is InChI=1S/C11H12N4OS/c1-8(16)15-10-2-3-17-11(10)6-14-9-4-12-7-13-5-9/h2-5,7,14H,6H2,1H3,(H,15,16). The third kappa shape index (κ3) is 3.25. The van der Waals surface area contributed by atoms with E-state index in [1.165, 1.54) is 13.3 Å². The Morgan fingerprint density at radius 2 is 2.18 bits per heavy atom. The van der Waals surface area contributed by atoms with Crippen molar-refractivity contribution < 1.29 is 4.79 Å². The summed E-state index contributed by atoms with van der Waals surface area (Å²) in [7, 11) is 0. The van der Waals surface area contributed by atoms with Crippen LogP contribution in [-0.4, -0.2) is 15.9 Å². The van der Waals surface area contributed by atoms with E-state index in [1.807, 2.05) is 11.4 Å². The Balaban J connectivity index is 2.00. The van der Waals surface area contributed by atoms with Gasteiger partial charge in [0.15, 0.2) is 0 Å². The molecule has 0 radical (unpaired) electrons. The number of amides is 1. The average molecular weight is 248 g/mol. The molecule has 1 amide bonds. The van der Waals surface area contributed by atoms with Crippen molar-refractivity contribution in [2.45, 2.75) is 13.5 Å². The molecule has 0 spiro atoms. The molecular formula is C11H12N4OS. The summed E-state index contributed by atoms with van der Waals surface area (Å²) in [6.07, 6.45) is 4.90. The zero-order valence-electron chi connectivity index (χ0n) is 9.30. The van der Waals surface area contributed by atoms with Crippen LogP contribution in [0, 0.1) is 0 Å². The topological polar surface area (TPSA) is 66.9 Å². The normalized spacial score (nSPS) is 9.94. The number of hydrogen-bond acceptors (Lipinski definition) is 5. The first-order chi connectivity index (χ1) is 8.25. The zero-order chi connectivity index (χ0) is 12.1. The van der Waals surface area contributed by atoms with E-state index >= 15 is 0 Å². The fraction of sp³-hybridized carbons (Fsp3) is 0.182. The molecule has 0 unspecified atom stereocenters. The summed E-state index contributed by atoms with van der Waals surface area (Å²) in [6.45, 7) is 2.14. The molecule has 2 aromatic heterocycles. The molecule has 6 heteroatoms. The van der Waals surface area contributed by atoms with E-state index in [-0.39, 0.29) is 5.91 Å². The second-order valence-electron chi connectivity index (χ2n) is 3.42. The van der Waals surface area contributed by atoms with Gasteiger partial charge in [-0.3, -0.25) is 4.79 Å². The van der Waals surface area contributed by atoms with Gasteiger partial charge >= 0.3 is 0 Å². The number of rotatable bonds is 4. The van der Waals surface area contributed by atoms with Gasteiger partial charge in [0.25, 0.3) is 0 Å². The predicted octanol–water partition coefficient (Wildman–Crippen LogP) is 2.11. The quantitative estimate of drug-likeness (QED) is 0.869. The maximum atomic E-state index is 11.0. The summed E-state index contributed by atoms with van der Waals surface area (Å²) in [6, 6.07) is 1.89. The van der Waals surface area contributed by atoms with E-state index in [4.69, 9.17) is 0 Å². The van der Waals surface area contributed by atoms with Crippen molar-refractivity contribution in [1.29, 1.82) is 0 Å². The number of nitrogens with zero attached hydrogens (tertiary/aromatic N) is 2. The lowest BCUT2D eigenvalue weighted by atomic mass is 10.3. The van der Waals surface area contributed by atoms with Crippen LogP contribution in [0.1, 0.15) is 11.8 Å². The first kappa shape index (κ1) is 11.5. The summed E-state index contributed by atoms with van der Waals surface area (Å²) >= 11 is 1.59. The lowest BCUT2D eigenvalue weighted by Crippen LogP contribution is -2.08. The third-order valence-corrected chi connectivity index (χ3v) is 2.99. The molecule has 2 N–H and O–H groups in total. The van der Waals surface area contributed by atoms with Crippen molar-refractivity contribution in [3.63, 3.8) is 0 Å². The zero-order valence-corrected chi connectivity index (χ0v) is 10.1. The number of thiophene rings is 1. The Bertz CT molecular complexity index is 497. The molecule has 0 fully saturated rings. The maximum absolute atomic E-state index is 11.0. The minimum atomic E-state index is -0.0623. The number of aromatic nitrogens is 2. The second kappa shape index (κ2) is 5.40. The van der Waals surface area contributed by atoms with Crippen LogP contribution in [0.4, 0.5) is 11.4 Å². The summed E-state index contributed by atoms with van der Waals surface area (Å²) in [5.74, 6) is -0.0623. The minimum absolute atomic E-state index is 0.0623. The van der Waals surface area contributed by atoms with Crippen molar-refractivity contribution in [1.82, 2.24) is 9.97 Å². The Morgan fingerprint density at radius 1 is 1.41 bits per heavy atom. The van der Waals surface area contributed by atoms with Crippen molar-refractivity contribution in [2.24, 2.45) is 0 Å². The van der Waals surface area contributed by atoms with Crippen LogP contribution in [-0.2, 0) is 11.3 Å². The number of nitrogens with one attached hydrogen (secondary N) is 2. The van der Waals surface area contributed by atoms with Gasteiger partial charge in [-0.25, -0.2) is 9.97 Å². The van der Waals surface area contributed by atoms with Crippen LogP contribution in [0.5, 0.6) is 0 Å². The smallest absolute Gasteiger partial charge is 0.221 e. The molecule has 0 aromatic carbocycles.